The van der Waals surface area contributed by atoms with Crippen LogP contribution in [0.5, 0.6) is 5.75 Å². The van der Waals surface area contributed by atoms with Crippen molar-refractivity contribution in [2.24, 2.45) is 0 Å². The molecule has 2 amide bonds. The van der Waals surface area contributed by atoms with E-state index < -0.39 is 23.7 Å². The SMILES string of the molecule is COc1cccc([C@H]2c3cccn3-c3sc4c(c3CN2C(=O)Nc2ccc(F)cc2F)CCN(C)C4)c1. The van der Waals surface area contributed by atoms with Crippen LogP contribution < -0.4 is 10.1 Å². The molecule has 0 saturated carbocycles. The van der Waals surface area contributed by atoms with Crippen LogP contribution in [0.1, 0.15) is 33.3 Å². The summed E-state index contributed by atoms with van der Waals surface area (Å²) < 4.78 is 35.7. The maximum absolute atomic E-state index is 14.5. The molecule has 0 saturated heterocycles. The summed E-state index contributed by atoms with van der Waals surface area (Å²) in [5, 5.41) is 3.80. The molecule has 0 aliphatic carbocycles. The predicted molar refractivity (Wildman–Crippen MR) is 139 cm³/mol. The first kappa shape index (κ1) is 23.7. The van der Waals surface area contributed by atoms with Gasteiger partial charge in [-0.15, -0.1) is 11.3 Å². The third kappa shape index (κ3) is 4.18. The van der Waals surface area contributed by atoms with Crippen LogP contribution in [0, 0.1) is 11.6 Å². The minimum absolute atomic E-state index is 0.0652. The normalized spacial score (nSPS) is 17.0. The lowest BCUT2D eigenvalue weighted by Gasteiger charge is -2.32. The number of carbonyl (C=O) groups is 1. The Kier molecular flexibility index (Phi) is 5.97. The van der Waals surface area contributed by atoms with Gasteiger partial charge in [0.25, 0.3) is 0 Å². The van der Waals surface area contributed by atoms with Crippen molar-refractivity contribution in [2.75, 3.05) is 26.0 Å². The maximum atomic E-state index is 14.5. The largest absolute Gasteiger partial charge is 0.497 e. The number of fused-ring (bicyclic) bond motifs is 5. The third-order valence-electron chi connectivity index (χ3n) is 7.10. The molecule has 0 fully saturated rings. The molecule has 0 radical (unpaired) electrons. The zero-order valence-electron chi connectivity index (χ0n) is 20.5. The highest BCUT2D eigenvalue weighted by molar-refractivity contribution is 7.15. The van der Waals surface area contributed by atoms with Crippen molar-refractivity contribution in [1.82, 2.24) is 14.4 Å². The lowest BCUT2D eigenvalue weighted by molar-refractivity contribution is 0.194. The van der Waals surface area contributed by atoms with Crippen molar-refractivity contribution in [1.29, 1.82) is 0 Å². The number of amides is 2. The van der Waals surface area contributed by atoms with Gasteiger partial charge in [-0.1, -0.05) is 12.1 Å². The molecule has 6 rings (SSSR count). The minimum Gasteiger partial charge on any atom is -0.497 e. The fourth-order valence-electron chi connectivity index (χ4n) is 5.29. The van der Waals surface area contributed by atoms with Gasteiger partial charge in [-0.25, -0.2) is 13.6 Å². The van der Waals surface area contributed by atoms with Crippen molar-refractivity contribution < 1.29 is 18.3 Å². The number of hydrogen-bond acceptors (Lipinski definition) is 4. The summed E-state index contributed by atoms with van der Waals surface area (Å²) in [6.45, 7) is 2.17. The molecule has 9 heteroatoms. The molecule has 4 aromatic rings. The number of urea groups is 1. The summed E-state index contributed by atoms with van der Waals surface area (Å²) in [6.07, 6.45) is 2.94. The van der Waals surface area contributed by atoms with Crippen LogP contribution in [0.2, 0.25) is 0 Å². The number of nitrogens with one attached hydrogen (secondary N) is 1. The number of thiophene rings is 1. The van der Waals surface area contributed by atoms with E-state index in [9.17, 15) is 13.6 Å². The number of halogens is 2. The number of likely N-dealkylation sites (N-methyl/N-ethyl adjacent to an activating group) is 1. The maximum Gasteiger partial charge on any atom is 0.323 e. The minimum atomic E-state index is -0.818. The summed E-state index contributed by atoms with van der Waals surface area (Å²) in [5.74, 6) is -0.835. The van der Waals surface area contributed by atoms with E-state index in [0.717, 1.165) is 53.5 Å². The van der Waals surface area contributed by atoms with Crippen LogP contribution in [0.4, 0.5) is 19.3 Å². The summed E-state index contributed by atoms with van der Waals surface area (Å²) >= 11 is 1.77. The Hall–Kier alpha value is -3.69. The molecule has 2 aliphatic heterocycles. The number of aromatic nitrogens is 1. The molecule has 2 aromatic carbocycles. The van der Waals surface area contributed by atoms with Crippen LogP contribution in [0.15, 0.2) is 60.8 Å². The Labute approximate surface area is 217 Å². The molecule has 1 N–H and O–H groups in total. The molecule has 6 nitrogen and oxygen atoms in total. The average Bonchev–Trinajstić information content (AvgIpc) is 3.47. The van der Waals surface area contributed by atoms with Crippen LogP contribution in [-0.4, -0.2) is 41.1 Å². The molecule has 2 aliphatic rings. The number of ether oxygens (including phenoxy) is 1. The molecule has 4 heterocycles. The van der Waals surface area contributed by atoms with Gasteiger partial charge in [0.1, 0.15) is 22.4 Å². The van der Waals surface area contributed by atoms with E-state index in [4.69, 9.17) is 4.74 Å². The Morgan fingerprint density at radius 2 is 1.95 bits per heavy atom. The van der Waals surface area contributed by atoms with Gasteiger partial charge in [0, 0.05) is 35.8 Å². The van der Waals surface area contributed by atoms with Gasteiger partial charge in [0.15, 0.2) is 0 Å². The van der Waals surface area contributed by atoms with Gasteiger partial charge in [-0.2, -0.15) is 0 Å². The van der Waals surface area contributed by atoms with Gasteiger partial charge in [-0.05, 0) is 61.0 Å². The van der Waals surface area contributed by atoms with E-state index in [1.165, 1.54) is 16.5 Å². The van der Waals surface area contributed by atoms with Crippen molar-refractivity contribution in [3.63, 3.8) is 0 Å². The first-order valence-corrected chi connectivity index (χ1v) is 12.9. The van der Waals surface area contributed by atoms with E-state index in [0.29, 0.717) is 12.3 Å². The molecule has 0 bridgehead atoms. The first-order valence-electron chi connectivity index (χ1n) is 12.1. The number of rotatable bonds is 3. The van der Waals surface area contributed by atoms with E-state index in [2.05, 4.69) is 21.8 Å². The second-order valence-electron chi connectivity index (χ2n) is 9.44. The highest BCUT2D eigenvalue weighted by Gasteiger charge is 2.36. The van der Waals surface area contributed by atoms with Crippen molar-refractivity contribution in [3.8, 4) is 10.8 Å². The Bertz CT molecular complexity index is 1500. The van der Waals surface area contributed by atoms with Crippen LogP contribution >= 0.6 is 11.3 Å². The fourth-order valence-corrected chi connectivity index (χ4v) is 6.73. The zero-order chi connectivity index (χ0) is 25.7. The van der Waals surface area contributed by atoms with E-state index in [1.54, 1.807) is 23.3 Å². The highest BCUT2D eigenvalue weighted by atomic mass is 32.1. The third-order valence-corrected chi connectivity index (χ3v) is 8.36. The van der Waals surface area contributed by atoms with Crippen molar-refractivity contribution >= 4 is 23.1 Å². The molecule has 1 atom stereocenters. The number of nitrogens with zero attached hydrogens (tertiary/aromatic N) is 3. The monoisotopic (exact) mass is 520 g/mol. The molecule has 0 unspecified atom stereocenters. The summed E-state index contributed by atoms with van der Waals surface area (Å²) in [6, 6.07) is 13.9. The molecule has 190 valence electrons. The number of benzene rings is 2. The second-order valence-corrected chi connectivity index (χ2v) is 10.5. The van der Waals surface area contributed by atoms with E-state index >= 15 is 0 Å². The molecule has 0 spiro atoms. The number of carbonyl (C=O) groups excluding carboxylic acids is 1. The highest BCUT2D eigenvalue weighted by Crippen LogP contribution is 2.44. The number of methoxy groups -OCH3 is 1. The average molecular weight is 521 g/mol. The van der Waals surface area contributed by atoms with Gasteiger partial charge in [0.2, 0.25) is 0 Å². The molecule has 2 aromatic heterocycles. The molecular weight excluding hydrogens is 494 g/mol. The summed E-state index contributed by atoms with van der Waals surface area (Å²) in [7, 11) is 3.72. The van der Waals surface area contributed by atoms with Crippen LogP contribution in [0.3, 0.4) is 0 Å². The van der Waals surface area contributed by atoms with Crippen LogP contribution in [-0.2, 0) is 19.5 Å². The standard InChI is InChI=1S/C28H26F2N4O2S/c1-32-12-10-20-21-15-34(28(35)31-23-9-8-18(29)14-22(23)30)26(17-5-3-6-19(13-17)36-2)24-7-4-11-33(24)27(21)37-25(20)16-32/h3-9,11,13-14,26H,10,12,15-16H2,1-2H3,(H,31,35)/t26-/m0/s1. The zero-order valence-corrected chi connectivity index (χ0v) is 21.3. The number of anilines is 1. The predicted octanol–water partition coefficient (Wildman–Crippen LogP) is 5.95. The Morgan fingerprint density at radius 3 is 2.76 bits per heavy atom. The fraction of sp³-hybridized carbons (Fsp3) is 0.250. The lowest BCUT2D eigenvalue weighted by Crippen LogP contribution is -2.38. The molecule has 37 heavy (non-hydrogen) atoms. The summed E-state index contributed by atoms with van der Waals surface area (Å²) in [4.78, 5) is 19.2. The Morgan fingerprint density at radius 1 is 1.08 bits per heavy atom. The topological polar surface area (TPSA) is 49.7 Å². The smallest absolute Gasteiger partial charge is 0.323 e. The second kappa shape index (κ2) is 9.32. The quantitative estimate of drug-likeness (QED) is 0.363. The van der Waals surface area contributed by atoms with E-state index in [-0.39, 0.29) is 5.69 Å². The first-order chi connectivity index (χ1) is 17.9. The lowest BCUT2D eigenvalue weighted by atomic mass is 10.00. The van der Waals surface area contributed by atoms with Gasteiger partial charge in [-0.3, -0.25) is 0 Å². The number of hydrogen-bond donors (Lipinski definition) is 1. The van der Waals surface area contributed by atoms with Gasteiger partial charge >= 0.3 is 6.03 Å². The van der Waals surface area contributed by atoms with E-state index in [1.807, 2.05) is 42.6 Å². The van der Waals surface area contributed by atoms with Crippen molar-refractivity contribution in [2.45, 2.75) is 25.6 Å². The van der Waals surface area contributed by atoms with Crippen LogP contribution in [0.25, 0.3) is 5.00 Å². The van der Waals surface area contributed by atoms with Gasteiger partial charge < -0.3 is 24.4 Å². The van der Waals surface area contributed by atoms with Gasteiger partial charge in [0.05, 0.1) is 31.1 Å². The Balaban J connectivity index is 1.50. The molecular formula is C28H26F2N4O2S. The van der Waals surface area contributed by atoms with Crippen molar-refractivity contribution in [3.05, 3.63) is 99.7 Å². The summed E-state index contributed by atoms with van der Waals surface area (Å²) in [5.41, 5.74) is 4.14.